The number of hydrogen-bond acceptors (Lipinski definition) is 8. The number of esters is 1. The average Bonchev–Trinajstić information content (AvgIpc) is 3.45. The maximum absolute atomic E-state index is 12.5. The van der Waals surface area contributed by atoms with Crippen molar-refractivity contribution in [3.8, 4) is 0 Å². The molecular formula is C22H29N5O5S. The molecule has 1 fully saturated rings. The summed E-state index contributed by atoms with van der Waals surface area (Å²) in [5.74, 6) is -0.230. The molecule has 1 saturated heterocycles. The van der Waals surface area contributed by atoms with Crippen molar-refractivity contribution in [2.45, 2.75) is 56.8 Å². The molecular weight excluding hydrogens is 446 g/mol. The number of ether oxygens (including phenoxy) is 2. The van der Waals surface area contributed by atoms with Crippen LogP contribution in [0.5, 0.6) is 0 Å². The Morgan fingerprint density at radius 1 is 1.27 bits per heavy atom. The Bertz CT molecular complexity index is 957. The van der Waals surface area contributed by atoms with Gasteiger partial charge in [-0.3, -0.25) is 9.59 Å². The van der Waals surface area contributed by atoms with Crippen molar-refractivity contribution < 1.29 is 23.9 Å². The highest BCUT2D eigenvalue weighted by Crippen LogP contribution is 2.22. The molecule has 1 aliphatic heterocycles. The van der Waals surface area contributed by atoms with Crippen LogP contribution in [-0.4, -0.2) is 57.6 Å². The van der Waals surface area contributed by atoms with Crippen molar-refractivity contribution in [3.05, 3.63) is 35.7 Å². The number of anilines is 1. The van der Waals surface area contributed by atoms with Gasteiger partial charge in [0.05, 0.1) is 30.6 Å². The molecule has 2 heterocycles. The normalized spacial score (nSPS) is 15.4. The fourth-order valence-electron chi connectivity index (χ4n) is 3.32. The highest BCUT2D eigenvalue weighted by atomic mass is 32.2. The number of carbonyl (C=O) groups excluding carboxylic acids is 3. The first-order chi connectivity index (χ1) is 16.0. The van der Waals surface area contributed by atoms with Crippen LogP contribution in [0.15, 0.2) is 29.4 Å². The molecule has 1 atom stereocenters. The minimum absolute atomic E-state index is 0.0593. The second-order valence-corrected chi connectivity index (χ2v) is 8.60. The summed E-state index contributed by atoms with van der Waals surface area (Å²) < 4.78 is 12.7. The first-order valence-electron chi connectivity index (χ1n) is 11.0. The molecule has 2 aromatic rings. The van der Waals surface area contributed by atoms with Gasteiger partial charge in [-0.2, -0.15) is 0 Å². The minimum atomic E-state index is -0.403. The van der Waals surface area contributed by atoms with Crippen LogP contribution in [0, 0.1) is 0 Å². The Hall–Kier alpha value is -2.92. The lowest BCUT2D eigenvalue weighted by molar-refractivity contribution is -0.118. The molecule has 0 radical (unpaired) electrons. The van der Waals surface area contributed by atoms with Crippen LogP contribution in [0.2, 0.25) is 0 Å². The highest BCUT2D eigenvalue weighted by molar-refractivity contribution is 7.99. The zero-order valence-corrected chi connectivity index (χ0v) is 19.4. The van der Waals surface area contributed by atoms with Gasteiger partial charge in [-0.15, -0.1) is 10.2 Å². The number of nitrogens with zero attached hydrogens (tertiary/aromatic N) is 3. The molecule has 1 aromatic heterocycles. The first-order valence-corrected chi connectivity index (χ1v) is 12.0. The fourth-order valence-corrected chi connectivity index (χ4v) is 4.08. The Kier molecular flexibility index (Phi) is 9.25. The Labute approximate surface area is 196 Å². The second kappa shape index (κ2) is 12.4. The molecule has 3 N–H and O–H groups in total. The SMILES string of the molecule is CCCOC(=O)c1ccc(NC(=O)CSc2nnc(CCC(N)=O)n2CC2CCCO2)cc1. The first kappa shape index (κ1) is 24.7. The molecule has 1 unspecified atom stereocenters. The van der Waals surface area contributed by atoms with Crippen LogP contribution in [0.3, 0.4) is 0 Å². The summed E-state index contributed by atoms with van der Waals surface area (Å²) in [5.41, 5.74) is 6.29. The van der Waals surface area contributed by atoms with Crippen LogP contribution in [0.4, 0.5) is 5.69 Å². The van der Waals surface area contributed by atoms with Gasteiger partial charge >= 0.3 is 5.97 Å². The van der Waals surface area contributed by atoms with Crippen molar-refractivity contribution in [3.63, 3.8) is 0 Å². The maximum atomic E-state index is 12.5. The molecule has 11 heteroatoms. The largest absolute Gasteiger partial charge is 0.462 e. The number of primary amides is 1. The van der Waals surface area contributed by atoms with Crippen LogP contribution in [0.25, 0.3) is 0 Å². The number of rotatable bonds is 12. The van der Waals surface area contributed by atoms with Gasteiger partial charge in [0.1, 0.15) is 5.82 Å². The zero-order valence-electron chi connectivity index (χ0n) is 18.6. The molecule has 2 amide bonds. The topological polar surface area (TPSA) is 138 Å². The van der Waals surface area contributed by atoms with Gasteiger partial charge in [0.15, 0.2) is 5.16 Å². The van der Waals surface area contributed by atoms with E-state index in [1.807, 2.05) is 11.5 Å². The van der Waals surface area contributed by atoms with E-state index in [-0.39, 0.29) is 30.2 Å². The molecule has 33 heavy (non-hydrogen) atoms. The van der Waals surface area contributed by atoms with E-state index in [9.17, 15) is 14.4 Å². The Balaban J connectivity index is 1.57. The van der Waals surface area contributed by atoms with E-state index in [4.69, 9.17) is 15.2 Å². The molecule has 3 rings (SSSR count). The summed E-state index contributed by atoms with van der Waals surface area (Å²) in [6.45, 7) is 3.59. The number of hydrogen-bond donors (Lipinski definition) is 2. The van der Waals surface area contributed by atoms with Crippen LogP contribution in [0.1, 0.15) is 48.8 Å². The molecule has 1 aliphatic rings. The monoisotopic (exact) mass is 475 g/mol. The van der Waals surface area contributed by atoms with Gasteiger partial charge < -0.3 is 25.1 Å². The predicted octanol–water partition coefficient (Wildman–Crippen LogP) is 2.17. The second-order valence-electron chi connectivity index (χ2n) is 7.66. The number of nitrogens with one attached hydrogen (secondary N) is 1. The van der Waals surface area contributed by atoms with E-state index in [0.717, 1.165) is 25.9 Å². The summed E-state index contributed by atoms with van der Waals surface area (Å²) in [6.07, 6.45) is 3.32. The van der Waals surface area contributed by atoms with Gasteiger partial charge in [0, 0.05) is 25.1 Å². The molecule has 0 spiro atoms. The van der Waals surface area contributed by atoms with Crippen molar-refractivity contribution >= 4 is 35.2 Å². The summed E-state index contributed by atoms with van der Waals surface area (Å²) in [7, 11) is 0. The summed E-state index contributed by atoms with van der Waals surface area (Å²) in [4.78, 5) is 35.5. The average molecular weight is 476 g/mol. The lowest BCUT2D eigenvalue weighted by atomic mass is 10.2. The van der Waals surface area contributed by atoms with Crippen LogP contribution >= 0.6 is 11.8 Å². The number of thioether (sulfide) groups is 1. The number of benzene rings is 1. The highest BCUT2D eigenvalue weighted by Gasteiger charge is 2.21. The van der Waals surface area contributed by atoms with Crippen LogP contribution in [-0.2, 0) is 32.0 Å². The molecule has 178 valence electrons. The third-order valence-corrected chi connectivity index (χ3v) is 5.94. The lowest BCUT2D eigenvalue weighted by Crippen LogP contribution is -2.20. The molecule has 0 bridgehead atoms. The molecule has 0 saturated carbocycles. The zero-order chi connectivity index (χ0) is 23.6. The Morgan fingerprint density at radius 2 is 2.06 bits per heavy atom. The van der Waals surface area contributed by atoms with Gasteiger partial charge in [0.2, 0.25) is 11.8 Å². The van der Waals surface area contributed by atoms with E-state index >= 15 is 0 Å². The fraction of sp³-hybridized carbons (Fsp3) is 0.500. The van der Waals surface area contributed by atoms with Crippen molar-refractivity contribution in [1.29, 1.82) is 0 Å². The third kappa shape index (κ3) is 7.57. The van der Waals surface area contributed by atoms with Crippen molar-refractivity contribution in [2.75, 3.05) is 24.3 Å². The molecule has 10 nitrogen and oxygen atoms in total. The smallest absolute Gasteiger partial charge is 0.338 e. The Morgan fingerprint density at radius 3 is 2.73 bits per heavy atom. The van der Waals surface area contributed by atoms with E-state index in [1.165, 1.54) is 11.8 Å². The number of amides is 2. The standard InChI is InChI=1S/C22H29N5O5S/c1-2-11-32-21(30)15-5-7-16(8-6-15)24-20(29)14-33-22-26-25-19(10-9-18(23)28)27(22)13-17-4-3-12-31-17/h5-8,17H,2-4,9-14H2,1H3,(H2,23,28)(H,24,29). The predicted molar refractivity (Wildman–Crippen MR) is 123 cm³/mol. The van der Waals surface area contributed by atoms with Gasteiger partial charge in [-0.25, -0.2) is 4.79 Å². The summed E-state index contributed by atoms with van der Waals surface area (Å²) in [6, 6.07) is 6.55. The number of aryl methyl sites for hydroxylation is 1. The van der Waals surface area contributed by atoms with E-state index in [1.54, 1.807) is 24.3 Å². The van der Waals surface area contributed by atoms with Gasteiger partial charge in [-0.05, 0) is 43.5 Å². The number of carbonyl (C=O) groups is 3. The maximum Gasteiger partial charge on any atom is 0.338 e. The van der Waals surface area contributed by atoms with E-state index in [0.29, 0.717) is 41.8 Å². The summed E-state index contributed by atoms with van der Waals surface area (Å²) in [5, 5.41) is 11.8. The number of nitrogens with two attached hydrogens (primary N) is 1. The molecule has 0 aliphatic carbocycles. The minimum Gasteiger partial charge on any atom is -0.462 e. The summed E-state index contributed by atoms with van der Waals surface area (Å²) >= 11 is 1.26. The quantitative estimate of drug-likeness (QED) is 0.352. The van der Waals surface area contributed by atoms with E-state index < -0.39 is 5.91 Å². The van der Waals surface area contributed by atoms with Gasteiger partial charge in [0.25, 0.3) is 0 Å². The third-order valence-electron chi connectivity index (χ3n) is 4.97. The number of aromatic nitrogens is 3. The van der Waals surface area contributed by atoms with E-state index in [2.05, 4.69) is 15.5 Å². The van der Waals surface area contributed by atoms with Crippen molar-refractivity contribution in [2.24, 2.45) is 5.73 Å². The van der Waals surface area contributed by atoms with Crippen LogP contribution < -0.4 is 11.1 Å². The van der Waals surface area contributed by atoms with Crippen molar-refractivity contribution in [1.82, 2.24) is 14.8 Å². The van der Waals surface area contributed by atoms with Gasteiger partial charge in [-0.1, -0.05) is 18.7 Å². The molecule has 1 aromatic carbocycles. The lowest BCUT2D eigenvalue weighted by Gasteiger charge is -2.14.